The number of aryl methyl sites for hydroxylation is 1. The van der Waals surface area contributed by atoms with Crippen molar-refractivity contribution in [2.45, 2.75) is 52.0 Å². The van der Waals surface area contributed by atoms with E-state index < -0.39 is 0 Å². The summed E-state index contributed by atoms with van der Waals surface area (Å²) in [6, 6.07) is 18.1. The molecule has 0 spiro atoms. The van der Waals surface area contributed by atoms with Crippen LogP contribution in [0.4, 0.5) is 0 Å². The van der Waals surface area contributed by atoms with Gasteiger partial charge in [-0.25, -0.2) is 0 Å². The largest absolute Gasteiger partial charge is 0.395 e. The Balaban J connectivity index is 0.000000253. The molecule has 0 radical (unpaired) electrons. The summed E-state index contributed by atoms with van der Waals surface area (Å²) in [5.41, 5.74) is 6.55. The summed E-state index contributed by atoms with van der Waals surface area (Å²) < 4.78 is 0. The number of hydrogen-bond donors (Lipinski definition) is 3. The molecule has 27 heavy (non-hydrogen) atoms. The van der Waals surface area contributed by atoms with Gasteiger partial charge in [0.25, 0.3) is 0 Å². The van der Waals surface area contributed by atoms with Gasteiger partial charge in [0.2, 0.25) is 0 Å². The third-order valence-corrected chi connectivity index (χ3v) is 5.20. The number of aromatic amines is 1. The van der Waals surface area contributed by atoms with Gasteiger partial charge in [0.05, 0.1) is 6.61 Å². The summed E-state index contributed by atoms with van der Waals surface area (Å²) in [6.07, 6.45) is 2.38. The van der Waals surface area contributed by atoms with Gasteiger partial charge in [0, 0.05) is 22.6 Å². The molecule has 3 heteroatoms. The molecular formula is C24H32N2O. The Bertz CT molecular complexity index is 883. The SMILES string of the molecule is Cc1cc2cc(-c3cccc(C(C)(C)C)c3)ccc2[nH]1.OCC1CCCN1. The number of H-pyrrole nitrogens is 1. The standard InChI is InChI=1S/C19H21N.C5H11NO/c1-13-10-16-11-15(8-9-18(16)20-13)14-6-5-7-17(12-14)19(2,3)4;7-4-5-2-1-3-6-5/h5-12,20H,1-4H3;5-7H,1-4H2. The molecule has 0 aliphatic carbocycles. The van der Waals surface area contributed by atoms with Gasteiger partial charge < -0.3 is 15.4 Å². The maximum atomic E-state index is 8.50. The lowest BCUT2D eigenvalue weighted by atomic mass is 9.85. The molecule has 1 atom stereocenters. The van der Waals surface area contributed by atoms with Crippen molar-refractivity contribution in [3.63, 3.8) is 0 Å². The van der Waals surface area contributed by atoms with E-state index in [4.69, 9.17) is 5.11 Å². The van der Waals surface area contributed by atoms with E-state index >= 15 is 0 Å². The lowest BCUT2D eigenvalue weighted by Gasteiger charge is -2.19. The van der Waals surface area contributed by atoms with Crippen LogP contribution in [0.3, 0.4) is 0 Å². The van der Waals surface area contributed by atoms with E-state index in [-0.39, 0.29) is 5.41 Å². The molecule has 0 bridgehead atoms. The molecule has 0 saturated carbocycles. The van der Waals surface area contributed by atoms with Crippen molar-refractivity contribution in [3.8, 4) is 11.1 Å². The lowest BCUT2D eigenvalue weighted by Crippen LogP contribution is -2.24. The molecule has 1 saturated heterocycles. The van der Waals surface area contributed by atoms with Crippen molar-refractivity contribution >= 4 is 10.9 Å². The first-order chi connectivity index (χ1) is 12.9. The minimum atomic E-state index is 0.185. The summed E-state index contributed by atoms with van der Waals surface area (Å²) in [5, 5.41) is 12.9. The van der Waals surface area contributed by atoms with Crippen LogP contribution in [0, 0.1) is 6.92 Å². The van der Waals surface area contributed by atoms with E-state index in [1.807, 2.05) is 0 Å². The van der Waals surface area contributed by atoms with Crippen molar-refractivity contribution in [1.82, 2.24) is 10.3 Å². The molecule has 1 aromatic heterocycles. The summed E-state index contributed by atoms with van der Waals surface area (Å²) in [7, 11) is 0. The molecule has 3 aromatic rings. The molecule has 1 aliphatic heterocycles. The highest BCUT2D eigenvalue weighted by atomic mass is 16.3. The van der Waals surface area contributed by atoms with E-state index in [0.717, 1.165) is 13.0 Å². The van der Waals surface area contributed by atoms with Gasteiger partial charge in [0.1, 0.15) is 0 Å². The van der Waals surface area contributed by atoms with Crippen LogP contribution in [0.2, 0.25) is 0 Å². The van der Waals surface area contributed by atoms with E-state index in [0.29, 0.717) is 12.6 Å². The zero-order valence-electron chi connectivity index (χ0n) is 17.0. The number of fused-ring (bicyclic) bond motifs is 1. The molecule has 2 aromatic carbocycles. The van der Waals surface area contributed by atoms with E-state index in [1.165, 1.54) is 39.7 Å². The Morgan fingerprint density at radius 1 is 1.04 bits per heavy atom. The van der Waals surface area contributed by atoms with Crippen molar-refractivity contribution in [2.75, 3.05) is 13.2 Å². The van der Waals surface area contributed by atoms with Crippen LogP contribution in [0.5, 0.6) is 0 Å². The molecular weight excluding hydrogens is 332 g/mol. The highest BCUT2D eigenvalue weighted by Crippen LogP contribution is 2.29. The second-order valence-corrected chi connectivity index (χ2v) is 8.56. The number of rotatable bonds is 2. The van der Waals surface area contributed by atoms with Gasteiger partial charge in [-0.3, -0.25) is 0 Å². The number of aromatic nitrogens is 1. The predicted molar refractivity (Wildman–Crippen MR) is 115 cm³/mol. The zero-order chi connectivity index (χ0) is 19.4. The third-order valence-electron chi connectivity index (χ3n) is 5.20. The van der Waals surface area contributed by atoms with Gasteiger partial charge in [-0.1, -0.05) is 51.1 Å². The van der Waals surface area contributed by atoms with Crippen molar-refractivity contribution in [3.05, 3.63) is 59.8 Å². The maximum absolute atomic E-state index is 8.50. The van der Waals surface area contributed by atoms with Crippen molar-refractivity contribution in [2.24, 2.45) is 0 Å². The molecule has 2 heterocycles. The Kier molecular flexibility index (Phi) is 6.03. The summed E-state index contributed by atoms with van der Waals surface area (Å²) in [4.78, 5) is 3.37. The monoisotopic (exact) mass is 364 g/mol. The van der Waals surface area contributed by atoms with Gasteiger partial charge in [-0.2, -0.15) is 0 Å². The van der Waals surface area contributed by atoms with Crippen LogP contribution >= 0.6 is 0 Å². The smallest absolute Gasteiger partial charge is 0.0584 e. The second-order valence-electron chi connectivity index (χ2n) is 8.56. The third kappa shape index (κ3) is 5.00. The summed E-state index contributed by atoms with van der Waals surface area (Å²) >= 11 is 0. The minimum absolute atomic E-state index is 0.185. The fraction of sp³-hybridized carbons (Fsp3) is 0.417. The average molecular weight is 365 g/mol. The molecule has 4 rings (SSSR count). The number of hydrogen-bond acceptors (Lipinski definition) is 2. The topological polar surface area (TPSA) is 48.0 Å². The average Bonchev–Trinajstić information content (AvgIpc) is 3.29. The normalized spacial score (nSPS) is 17.0. The number of aliphatic hydroxyl groups excluding tert-OH is 1. The van der Waals surface area contributed by atoms with Gasteiger partial charge in [-0.15, -0.1) is 0 Å². The zero-order valence-corrected chi connectivity index (χ0v) is 17.0. The van der Waals surface area contributed by atoms with Gasteiger partial charge >= 0.3 is 0 Å². The van der Waals surface area contributed by atoms with E-state index in [2.05, 4.69) is 86.5 Å². The van der Waals surface area contributed by atoms with Crippen LogP contribution in [-0.4, -0.2) is 29.3 Å². The number of benzene rings is 2. The lowest BCUT2D eigenvalue weighted by molar-refractivity contribution is 0.255. The van der Waals surface area contributed by atoms with Crippen LogP contribution in [0.25, 0.3) is 22.0 Å². The first-order valence-corrected chi connectivity index (χ1v) is 9.91. The fourth-order valence-electron chi connectivity index (χ4n) is 3.54. The Morgan fingerprint density at radius 3 is 2.44 bits per heavy atom. The predicted octanol–water partition coefficient (Wildman–Crippen LogP) is 5.17. The second kappa shape index (κ2) is 8.28. The van der Waals surface area contributed by atoms with Crippen LogP contribution in [0.15, 0.2) is 48.5 Å². The summed E-state index contributed by atoms with van der Waals surface area (Å²) in [5.74, 6) is 0. The first kappa shape index (κ1) is 19.7. The highest BCUT2D eigenvalue weighted by Gasteiger charge is 2.14. The molecule has 0 amide bonds. The van der Waals surface area contributed by atoms with Crippen LogP contribution in [0.1, 0.15) is 44.9 Å². The molecule has 1 unspecified atom stereocenters. The highest BCUT2D eigenvalue weighted by molar-refractivity contribution is 5.85. The van der Waals surface area contributed by atoms with Crippen LogP contribution in [-0.2, 0) is 5.41 Å². The van der Waals surface area contributed by atoms with Crippen molar-refractivity contribution < 1.29 is 5.11 Å². The molecule has 1 fully saturated rings. The van der Waals surface area contributed by atoms with Crippen molar-refractivity contribution in [1.29, 1.82) is 0 Å². The quantitative estimate of drug-likeness (QED) is 0.587. The molecule has 3 N–H and O–H groups in total. The Hall–Kier alpha value is -2.10. The maximum Gasteiger partial charge on any atom is 0.0584 e. The Morgan fingerprint density at radius 2 is 1.81 bits per heavy atom. The van der Waals surface area contributed by atoms with Gasteiger partial charge in [0.15, 0.2) is 0 Å². The number of nitrogens with one attached hydrogen (secondary N) is 2. The number of aliphatic hydroxyl groups is 1. The molecule has 1 aliphatic rings. The Labute approximate surface area is 162 Å². The fourth-order valence-corrected chi connectivity index (χ4v) is 3.54. The van der Waals surface area contributed by atoms with E-state index in [1.54, 1.807) is 0 Å². The molecule has 3 nitrogen and oxygen atoms in total. The van der Waals surface area contributed by atoms with E-state index in [9.17, 15) is 0 Å². The van der Waals surface area contributed by atoms with Crippen LogP contribution < -0.4 is 5.32 Å². The first-order valence-electron chi connectivity index (χ1n) is 9.91. The van der Waals surface area contributed by atoms with Gasteiger partial charge in [-0.05, 0) is 66.6 Å². The minimum Gasteiger partial charge on any atom is -0.395 e. The summed E-state index contributed by atoms with van der Waals surface area (Å²) in [6.45, 7) is 10.3. The molecule has 144 valence electrons.